The zero-order chi connectivity index (χ0) is 18.5. The molecule has 0 spiro atoms. The number of carbonyl (C=O) groups is 1. The van der Waals surface area contributed by atoms with E-state index in [1.54, 1.807) is 30.3 Å². The lowest BCUT2D eigenvalue weighted by molar-refractivity contribution is -0.0784. The molecule has 5 nitrogen and oxygen atoms in total. The Morgan fingerprint density at radius 1 is 1.08 bits per heavy atom. The number of hydrogen-bond donors (Lipinski definition) is 1. The molecular formula is C20H17FO5. The van der Waals surface area contributed by atoms with Crippen molar-refractivity contribution in [1.82, 2.24) is 0 Å². The summed E-state index contributed by atoms with van der Waals surface area (Å²) in [6, 6.07) is 13.6. The van der Waals surface area contributed by atoms with Crippen molar-refractivity contribution in [3.63, 3.8) is 0 Å². The maximum atomic E-state index is 12.9. The summed E-state index contributed by atoms with van der Waals surface area (Å²) in [5.74, 6) is 0.398. The second kappa shape index (κ2) is 7.95. The van der Waals surface area contributed by atoms with E-state index >= 15 is 0 Å². The van der Waals surface area contributed by atoms with Crippen LogP contribution in [-0.4, -0.2) is 18.0 Å². The fraction of sp³-hybridized carbons (Fsp3) is 0.150. The van der Waals surface area contributed by atoms with Gasteiger partial charge in [-0.1, -0.05) is 0 Å². The van der Waals surface area contributed by atoms with Crippen LogP contribution in [0.2, 0.25) is 0 Å². The van der Waals surface area contributed by atoms with Crippen molar-refractivity contribution in [2.45, 2.75) is 12.9 Å². The van der Waals surface area contributed by atoms with Gasteiger partial charge in [0.05, 0.1) is 11.8 Å². The van der Waals surface area contributed by atoms with Crippen molar-refractivity contribution in [3.8, 4) is 5.75 Å². The highest BCUT2D eigenvalue weighted by Crippen LogP contribution is 2.22. The summed E-state index contributed by atoms with van der Waals surface area (Å²) in [5.41, 5.74) is 1.38. The molecule has 0 aliphatic heterocycles. The summed E-state index contributed by atoms with van der Waals surface area (Å²) < 4.78 is 28.7. The number of rotatable bonds is 7. The van der Waals surface area contributed by atoms with Crippen molar-refractivity contribution in [1.29, 1.82) is 0 Å². The first-order chi connectivity index (χ1) is 12.6. The maximum Gasteiger partial charge on any atom is 0.193 e. The number of benzene rings is 2. The molecule has 0 aliphatic rings. The van der Waals surface area contributed by atoms with E-state index in [2.05, 4.69) is 0 Å². The molecule has 0 bridgehead atoms. The summed E-state index contributed by atoms with van der Waals surface area (Å²) in [4.78, 5) is 12.3. The van der Waals surface area contributed by atoms with Gasteiger partial charge in [0, 0.05) is 18.2 Å². The summed E-state index contributed by atoms with van der Waals surface area (Å²) in [5, 5.41) is 9.72. The molecule has 0 saturated carbocycles. The maximum absolute atomic E-state index is 12.9. The van der Waals surface area contributed by atoms with Crippen molar-refractivity contribution >= 4 is 5.78 Å². The van der Waals surface area contributed by atoms with Crippen LogP contribution in [0, 0.1) is 5.82 Å². The molecule has 0 fully saturated rings. The number of carbonyl (C=O) groups excluding carboxylic acids is 1. The fourth-order valence-electron chi connectivity index (χ4n) is 2.43. The molecule has 1 aromatic heterocycles. The molecule has 3 aromatic rings. The van der Waals surface area contributed by atoms with E-state index in [0.717, 1.165) is 0 Å². The highest BCUT2D eigenvalue weighted by molar-refractivity contribution is 6.08. The number of hydrogen-bond acceptors (Lipinski definition) is 5. The van der Waals surface area contributed by atoms with E-state index in [9.17, 15) is 14.3 Å². The second-order valence-electron chi connectivity index (χ2n) is 5.54. The second-order valence-corrected chi connectivity index (χ2v) is 5.54. The Bertz CT molecular complexity index is 868. The zero-order valence-electron chi connectivity index (χ0n) is 14.0. The minimum Gasteiger partial charge on any atom is -0.486 e. The minimum atomic E-state index is -1.08. The van der Waals surface area contributed by atoms with Gasteiger partial charge in [-0.15, -0.1) is 0 Å². The number of furan rings is 1. The molecular weight excluding hydrogens is 339 g/mol. The minimum absolute atomic E-state index is 0.105. The monoisotopic (exact) mass is 356 g/mol. The highest BCUT2D eigenvalue weighted by atomic mass is 19.1. The van der Waals surface area contributed by atoms with E-state index in [1.165, 1.54) is 37.6 Å². The van der Waals surface area contributed by atoms with Crippen LogP contribution in [0.25, 0.3) is 0 Å². The quantitative estimate of drug-likeness (QED) is 0.514. The topological polar surface area (TPSA) is 68.9 Å². The highest BCUT2D eigenvalue weighted by Gasteiger charge is 2.15. The number of aliphatic hydroxyl groups excluding tert-OH is 1. The lowest BCUT2D eigenvalue weighted by Gasteiger charge is -2.10. The van der Waals surface area contributed by atoms with Crippen LogP contribution in [-0.2, 0) is 11.3 Å². The largest absolute Gasteiger partial charge is 0.486 e. The molecule has 0 radical (unpaired) electrons. The van der Waals surface area contributed by atoms with Crippen LogP contribution < -0.4 is 4.74 Å². The molecule has 1 atom stereocenters. The van der Waals surface area contributed by atoms with E-state index < -0.39 is 6.29 Å². The molecule has 3 rings (SSSR count). The Morgan fingerprint density at radius 2 is 1.69 bits per heavy atom. The van der Waals surface area contributed by atoms with Crippen LogP contribution in [0.4, 0.5) is 4.39 Å². The first kappa shape index (κ1) is 17.8. The number of ketones is 1. The molecule has 0 aliphatic carbocycles. The van der Waals surface area contributed by atoms with E-state index in [-0.39, 0.29) is 18.2 Å². The van der Waals surface area contributed by atoms with Gasteiger partial charge in [-0.2, -0.15) is 0 Å². The Labute approximate surface area is 149 Å². The van der Waals surface area contributed by atoms with Gasteiger partial charge in [-0.05, 0) is 54.6 Å². The average Bonchev–Trinajstić information content (AvgIpc) is 3.15. The van der Waals surface area contributed by atoms with Crippen LogP contribution in [0.3, 0.4) is 0 Å². The van der Waals surface area contributed by atoms with Crippen molar-refractivity contribution in [2.75, 3.05) is 7.11 Å². The average molecular weight is 356 g/mol. The van der Waals surface area contributed by atoms with Gasteiger partial charge < -0.3 is 19.0 Å². The molecule has 0 saturated heterocycles. The summed E-state index contributed by atoms with van der Waals surface area (Å²) >= 11 is 0. The van der Waals surface area contributed by atoms with Gasteiger partial charge in [-0.3, -0.25) is 4.79 Å². The number of halogens is 1. The molecule has 6 heteroatoms. The van der Waals surface area contributed by atoms with E-state index in [1.807, 2.05) is 0 Å². The summed E-state index contributed by atoms with van der Waals surface area (Å²) in [6.07, 6.45) is 0.365. The molecule has 26 heavy (non-hydrogen) atoms. The van der Waals surface area contributed by atoms with Crippen LogP contribution in [0.1, 0.15) is 33.5 Å². The van der Waals surface area contributed by atoms with Crippen LogP contribution in [0.5, 0.6) is 5.75 Å². The van der Waals surface area contributed by atoms with Crippen LogP contribution in [0.15, 0.2) is 65.3 Å². The standard InChI is InChI=1S/C20H17FO5/c1-24-20(23)17-10-11-25-18(17)12-26-16-8-4-14(5-9-16)19(22)13-2-6-15(21)7-3-13/h2-11,20,23H,12H2,1H3. The SMILES string of the molecule is COC(O)c1ccoc1COc1ccc(C(=O)c2ccc(F)cc2)cc1. The number of ether oxygens (including phenoxy) is 2. The van der Waals surface area contributed by atoms with Crippen molar-refractivity contribution in [3.05, 3.63) is 89.1 Å². The predicted octanol–water partition coefficient (Wildman–Crippen LogP) is 3.87. The fourth-order valence-corrected chi connectivity index (χ4v) is 2.43. The molecule has 0 amide bonds. The first-order valence-electron chi connectivity index (χ1n) is 7.88. The normalized spacial score (nSPS) is 12.0. The molecule has 1 heterocycles. The smallest absolute Gasteiger partial charge is 0.193 e. The third-order valence-corrected chi connectivity index (χ3v) is 3.86. The van der Waals surface area contributed by atoms with E-state index in [0.29, 0.717) is 28.2 Å². The van der Waals surface area contributed by atoms with Gasteiger partial charge in [-0.25, -0.2) is 4.39 Å². The summed E-state index contributed by atoms with van der Waals surface area (Å²) in [7, 11) is 1.39. The zero-order valence-corrected chi connectivity index (χ0v) is 14.0. The van der Waals surface area contributed by atoms with E-state index in [4.69, 9.17) is 13.9 Å². The lowest BCUT2D eigenvalue weighted by Crippen LogP contribution is -2.04. The van der Waals surface area contributed by atoms with Crippen molar-refractivity contribution < 1.29 is 28.2 Å². The Hall–Kier alpha value is -2.96. The van der Waals surface area contributed by atoms with Gasteiger partial charge in [0.15, 0.2) is 12.1 Å². The van der Waals surface area contributed by atoms with Crippen LogP contribution >= 0.6 is 0 Å². The van der Waals surface area contributed by atoms with Gasteiger partial charge in [0.25, 0.3) is 0 Å². The molecule has 1 unspecified atom stereocenters. The summed E-state index contributed by atoms with van der Waals surface area (Å²) in [6.45, 7) is 0.105. The van der Waals surface area contributed by atoms with Gasteiger partial charge in [0.1, 0.15) is 23.9 Å². The van der Waals surface area contributed by atoms with Gasteiger partial charge in [0.2, 0.25) is 0 Å². The Morgan fingerprint density at radius 3 is 2.31 bits per heavy atom. The number of aliphatic hydroxyl groups is 1. The third-order valence-electron chi connectivity index (χ3n) is 3.86. The molecule has 2 aromatic carbocycles. The van der Waals surface area contributed by atoms with Crippen molar-refractivity contribution in [2.24, 2.45) is 0 Å². The lowest BCUT2D eigenvalue weighted by atomic mass is 10.0. The van der Waals surface area contributed by atoms with Gasteiger partial charge >= 0.3 is 0 Å². The number of methoxy groups -OCH3 is 1. The Balaban J connectivity index is 1.66. The Kier molecular flexibility index (Phi) is 5.46. The first-order valence-corrected chi connectivity index (χ1v) is 7.88. The third kappa shape index (κ3) is 3.99. The predicted molar refractivity (Wildman–Crippen MR) is 91.3 cm³/mol. The molecule has 1 N–H and O–H groups in total. The molecule has 134 valence electrons.